The van der Waals surface area contributed by atoms with E-state index >= 15 is 0 Å². The van der Waals surface area contributed by atoms with Gasteiger partial charge in [-0.15, -0.1) is 0 Å². The Hall–Kier alpha value is -2.10. The van der Waals surface area contributed by atoms with Gasteiger partial charge in [-0.1, -0.05) is 24.3 Å². The molecular weight excluding hydrogens is 226 g/mol. The van der Waals surface area contributed by atoms with E-state index in [-0.39, 0.29) is 5.91 Å². The summed E-state index contributed by atoms with van der Waals surface area (Å²) in [7, 11) is 1.98. The molecule has 1 unspecified atom stereocenters. The average molecular weight is 241 g/mol. The molecule has 1 aromatic carbocycles. The number of hydrogen-bond acceptors (Lipinski definition) is 2. The lowest BCUT2D eigenvalue weighted by Gasteiger charge is -2.08. The van der Waals surface area contributed by atoms with E-state index in [0.717, 1.165) is 17.9 Å². The van der Waals surface area contributed by atoms with E-state index in [1.165, 1.54) is 5.56 Å². The highest BCUT2D eigenvalue weighted by Gasteiger charge is 2.22. The van der Waals surface area contributed by atoms with Gasteiger partial charge >= 0.3 is 0 Å². The van der Waals surface area contributed by atoms with Crippen LogP contribution in [0.2, 0.25) is 0 Å². The number of amides is 1. The van der Waals surface area contributed by atoms with Gasteiger partial charge in [0.2, 0.25) is 5.91 Å². The number of aryl methyl sites for hydroxylation is 1. The predicted molar refractivity (Wildman–Crippen MR) is 69.0 cm³/mol. The molecule has 18 heavy (non-hydrogen) atoms. The summed E-state index contributed by atoms with van der Waals surface area (Å²) in [5.41, 5.74) is 2.31. The van der Waals surface area contributed by atoms with Crippen molar-refractivity contribution in [3.63, 3.8) is 0 Å². The second-order valence-electron chi connectivity index (χ2n) is 4.69. The summed E-state index contributed by atoms with van der Waals surface area (Å²) >= 11 is 0. The Bertz CT molecular complexity index is 571. The van der Waals surface area contributed by atoms with Gasteiger partial charge in [-0.25, -0.2) is 4.98 Å². The molecule has 4 heteroatoms. The zero-order chi connectivity index (χ0) is 12.5. The van der Waals surface area contributed by atoms with Crippen LogP contribution in [0.25, 0.3) is 11.4 Å². The number of imidazole rings is 1. The number of carbonyl (C=O) groups is 1. The topological polar surface area (TPSA) is 46.9 Å². The molecular formula is C14H15N3O. The third-order valence-electron chi connectivity index (χ3n) is 3.44. The van der Waals surface area contributed by atoms with E-state index in [1.54, 1.807) is 6.20 Å². The molecule has 4 nitrogen and oxygen atoms in total. The Labute approximate surface area is 106 Å². The van der Waals surface area contributed by atoms with Crippen LogP contribution in [0, 0.1) is 0 Å². The van der Waals surface area contributed by atoms with Crippen LogP contribution in [0.4, 0.5) is 0 Å². The lowest BCUT2D eigenvalue weighted by molar-refractivity contribution is -0.119. The molecule has 0 aliphatic carbocycles. The minimum absolute atomic E-state index is 0.146. The fraction of sp³-hybridized carbons (Fsp3) is 0.286. The van der Waals surface area contributed by atoms with Gasteiger partial charge in [0.25, 0.3) is 0 Å². The number of rotatable bonds is 2. The zero-order valence-electron chi connectivity index (χ0n) is 10.3. The van der Waals surface area contributed by atoms with Gasteiger partial charge in [-0.2, -0.15) is 0 Å². The molecule has 1 fully saturated rings. The number of hydrogen-bond donors (Lipinski definition) is 1. The number of nitrogens with zero attached hydrogens (tertiary/aromatic N) is 2. The zero-order valence-corrected chi connectivity index (χ0v) is 10.3. The highest BCUT2D eigenvalue weighted by Crippen LogP contribution is 2.25. The van der Waals surface area contributed by atoms with E-state index in [1.807, 2.05) is 17.8 Å². The fourth-order valence-electron chi connectivity index (χ4n) is 2.39. The summed E-state index contributed by atoms with van der Waals surface area (Å²) in [5.74, 6) is 1.42. The summed E-state index contributed by atoms with van der Waals surface area (Å²) < 4.78 is 2.00. The summed E-state index contributed by atoms with van der Waals surface area (Å²) in [4.78, 5) is 15.5. The van der Waals surface area contributed by atoms with Crippen LogP contribution >= 0.6 is 0 Å². The maximum atomic E-state index is 11.2. The van der Waals surface area contributed by atoms with Gasteiger partial charge in [0.1, 0.15) is 5.82 Å². The molecule has 1 aromatic heterocycles. The molecule has 1 amide bonds. The number of nitrogens with one attached hydrogen (secondary N) is 1. The van der Waals surface area contributed by atoms with Gasteiger partial charge in [-0.3, -0.25) is 4.79 Å². The number of benzene rings is 1. The first-order chi connectivity index (χ1) is 8.74. The van der Waals surface area contributed by atoms with Gasteiger partial charge in [-0.05, 0) is 5.56 Å². The first kappa shape index (κ1) is 11.0. The van der Waals surface area contributed by atoms with Crippen molar-refractivity contribution >= 4 is 5.91 Å². The Balaban J connectivity index is 1.85. The van der Waals surface area contributed by atoms with Crippen molar-refractivity contribution in [2.45, 2.75) is 12.3 Å². The highest BCUT2D eigenvalue weighted by molar-refractivity contribution is 5.79. The van der Waals surface area contributed by atoms with Crippen molar-refractivity contribution in [2.75, 3.05) is 6.54 Å². The Kier molecular flexibility index (Phi) is 2.63. The van der Waals surface area contributed by atoms with Gasteiger partial charge < -0.3 is 9.88 Å². The van der Waals surface area contributed by atoms with Crippen molar-refractivity contribution < 1.29 is 4.79 Å². The number of carbonyl (C=O) groups excluding carboxylic acids is 1. The molecule has 2 heterocycles. The van der Waals surface area contributed by atoms with Crippen molar-refractivity contribution in [3.8, 4) is 11.4 Å². The summed E-state index contributed by atoms with van der Waals surface area (Å²) in [6.07, 6.45) is 4.33. The normalized spacial score (nSPS) is 18.9. The van der Waals surface area contributed by atoms with Crippen molar-refractivity contribution in [1.82, 2.24) is 14.9 Å². The van der Waals surface area contributed by atoms with Crippen LogP contribution in [0.1, 0.15) is 17.9 Å². The molecule has 2 aromatic rings. The second kappa shape index (κ2) is 4.29. The molecule has 1 aliphatic rings. The quantitative estimate of drug-likeness (QED) is 0.869. The molecule has 0 radical (unpaired) electrons. The lowest BCUT2D eigenvalue weighted by atomic mass is 9.97. The van der Waals surface area contributed by atoms with E-state index in [0.29, 0.717) is 12.3 Å². The molecule has 1 atom stereocenters. The summed E-state index contributed by atoms with van der Waals surface area (Å²) in [5, 5.41) is 2.86. The van der Waals surface area contributed by atoms with Crippen LogP contribution in [-0.2, 0) is 11.8 Å². The van der Waals surface area contributed by atoms with Crippen LogP contribution in [0.5, 0.6) is 0 Å². The largest absolute Gasteiger partial charge is 0.355 e. The maximum absolute atomic E-state index is 11.2. The van der Waals surface area contributed by atoms with Crippen molar-refractivity contribution in [2.24, 2.45) is 7.05 Å². The lowest BCUT2D eigenvalue weighted by Crippen LogP contribution is -2.13. The van der Waals surface area contributed by atoms with Crippen LogP contribution in [0.3, 0.4) is 0 Å². The highest BCUT2D eigenvalue weighted by atomic mass is 16.1. The second-order valence-corrected chi connectivity index (χ2v) is 4.69. The molecule has 0 spiro atoms. The van der Waals surface area contributed by atoms with Crippen molar-refractivity contribution in [3.05, 3.63) is 42.2 Å². The number of aromatic nitrogens is 2. The van der Waals surface area contributed by atoms with E-state index in [4.69, 9.17) is 0 Å². The third-order valence-corrected chi connectivity index (χ3v) is 3.44. The molecule has 1 saturated heterocycles. The van der Waals surface area contributed by atoms with Gasteiger partial charge in [0.05, 0.1) is 0 Å². The first-order valence-electron chi connectivity index (χ1n) is 6.08. The van der Waals surface area contributed by atoms with E-state index < -0.39 is 0 Å². The minimum atomic E-state index is 0.146. The molecule has 1 aliphatic heterocycles. The molecule has 0 bridgehead atoms. The van der Waals surface area contributed by atoms with Gasteiger partial charge in [0.15, 0.2) is 0 Å². The average Bonchev–Trinajstić information content (AvgIpc) is 2.98. The fourth-order valence-corrected chi connectivity index (χ4v) is 2.39. The Morgan fingerprint density at radius 3 is 2.67 bits per heavy atom. The van der Waals surface area contributed by atoms with Crippen molar-refractivity contribution in [1.29, 1.82) is 0 Å². The van der Waals surface area contributed by atoms with Crippen LogP contribution in [0.15, 0.2) is 36.7 Å². The molecule has 92 valence electrons. The summed E-state index contributed by atoms with van der Waals surface area (Å²) in [6.45, 7) is 0.751. The minimum Gasteiger partial charge on any atom is -0.355 e. The predicted octanol–water partition coefficient (Wildman–Crippen LogP) is 1.69. The smallest absolute Gasteiger partial charge is 0.220 e. The molecule has 1 N–H and O–H groups in total. The molecule has 3 rings (SSSR count). The van der Waals surface area contributed by atoms with E-state index in [2.05, 4.69) is 34.6 Å². The summed E-state index contributed by atoms with van der Waals surface area (Å²) in [6, 6.07) is 8.32. The Morgan fingerprint density at radius 1 is 1.33 bits per heavy atom. The van der Waals surface area contributed by atoms with E-state index in [9.17, 15) is 4.79 Å². The SMILES string of the molecule is Cn1ccnc1-c1ccc(C2CNC(=O)C2)cc1. The maximum Gasteiger partial charge on any atom is 0.220 e. The standard InChI is InChI=1S/C14H15N3O/c1-17-7-6-15-14(17)11-4-2-10(3-5-11)12-8-13(18)16-9-12/h2-7,12H,8-9H2,1H3,(H,16,18). The third kappa shape index (κ3) is 1.90. The van der Waals surface area contributed by atoms with Gasteiger partial charge in [0, 0.05) is 43.9 Å². The van der Waals surface area contributed by atoms with Crippen LogP contribution in [-0.4, -0.2) is 22.0 Å². The molecule has 0 saturated carbocycles. The first-order valence-corrected chi connectivity index (χ1v) is 6.08. The monoisotopic (exact) mass is 241 g/mol. The van der Waals surface area contributed by atoms with Crippen LogP contribution < -0.4 is 5.32 Å². The Morgan fingerprint density at radius 2 is 2.11 bits per heavy atom.